The molecule has 0 aliphatic heterocycles. The van der Waals surface area contributed by atoms with Crippen molar-refractivity contribution in [3.8, 4) is 22.0 Å². The minimum atomic E-state index is -4.57. The summed E-state index contributed by atoms with van der Waals surface area (Å²) in [5.41, 5.74) is -0.541. The maximum absolute atomic E-state index is 14.0. The second kappa shape index (κ2) is 5.59. The highest BCUT2D eigenvalue weighted by Crippen LogP contribution is 2.35. The SMILES string of the molecule is Fc1ccc(C(F)(F)F)cc1-c1nn2c(-c3cccnc3)nnc2s1. The van der Waals surface area contributed by atoms with Gasteiger partial charge in [-0.25, -0.2) is 4.39 Å². The highest BCUT2D eigenvalue weighted by Gasteiger charge is 2.31. The lowest BCUT2D eigenvalue weighted by Crippen LogP contribution is -2.05. The number of benzene rings is 1. The van der Waals surface area contributed by atoms with Crippen LogP contribution in [0.5, 0.6) is 0 Å². The maximum atomic E-state index is 14.0. The maximum Gasteiger partial charge on any atom is 0.416 e. The van der Waals surface area contributed by atoms with Crippen molar-refractivity contribution in [1.29, 1.82) is 0 Å². The molecule has 3 aromatic heterocycles. The smallest absolute Gasteiger partial charge is 0.264 e. The summed E-state index contributed by atoms with van der Waals surface area (Å²) in [5, 5.41) is 12.2. The van der Waals surface area contributed by atoms with E-state index < -0.39 is 17.6 Å². The van der Waals surface area contributed by atoms with Gasteiger partial charge in [0, 0.05) is 23.5 Å². The van der Waals surface area contributed by atoms with Crippen molar-refractivity contribution in [3.05, 3.63) is 54.1 Å². The van der Waals surface area contributed by atoms with Gasteiger partial charge in [0.25, 0.3) is 0 Å². The number of pyridine rings is 1. The van der Waals surface area contributed by atoms with E-state index >= 15 is 0 Å². The van der Waals surface area contributed by atoms with Gasteiger partial charge in [-0.2, -0.15) is 22.8 Å². The molecule has 126 valence electrons. The average molecular weight is 365 g/mol. The predicted octanol–water partition coefficient (Wildman–Crippen LogP) is 4.07. The fourth-order valence-corrected chi connectivity index (χ4v) is 3.12. The van der Waals surface area contributed by atoms with E-state index in [0.717, 1.165) is 23.5 Å². The van der Waals surface area contributed by atoms with Crippen LogP contribution in [0.4, 0.5) is 17.6 Å². The van der Waals surface area contributed by atoms with E-state index in [-0.39, 0.29) is 10.6 Å². The lowest BCUT2D eigenvalue weighted by molar-refractivity contribution is -0.137. The summed E-state index contributed by atoms with van der Waals surface area (Å²) < 4.78 is 54.0. The van der Waals surface area contributed by atoms with E-state index in [9.17, 15) is 17.6 Å². The molecule has 0 bridgehead atoms. The Morgan fingerprint density at radius 1 is 1.08 bits per heavy atom. The zero-order chi connectivity index (χ0) is 17.6. The Bertz CT molecular complexity index is 1050. The Labute approximate surface area is 141 Å². The first-order chi connectivity index (χ1) is 11.9. The summed E-state index contributed by atoms with van der Waals surface area (Å²) in [5.74, 6) is -0.418. The van der Waals surface area contributed by atoms with Crippen LogP contribution < -0.4 is 0 Å². The Hall–Kier alpha value is -2.88. The molecule has 0 saturated heterocycles. The molecule has 5 nitrogen and oxygen atoms in total. The largest absolute Gasteiger partial charge is 0.416 e. The lowest BCUT2D eigenvalue weighted by Gasteiger charge is -2.08. The molecule has 0 unspecified atom stereocenters. The minimum Gasteiger partial charge on any atom is -0.264 e. The number of nitrogens with zero attached hydrogens (tertiary/aromatic N) is 5. The van der Waals surface area contributed by atoms with Gasteiger partial charge in [-0.05, 0) is 30.3 Å². The zero-order valence-corrected chi connectivity index (χ0v) is 13.0. The minimum absolute atomic E-state index is 0.0821. The highest BCUT2D eigenvalue weighted by molar-refractivity contribution is 7.19. The molecule has 0 spiro atoms. The molecule has 4 rings (SSSR count). The number of fused-ring (bicyclic) bond motifs is 1. The molecule has 0 fully saturated rings. The van der Waals surface area contributed by atoms with E-state index in [4.69, 9.17) is 0 Å². The molecule has 0 atom stereocenters. The van der Waals surface area contributed by atoms with Crippen LogP contribution in [0.2, 0.25) is 0 Å². The molecular weight excluding hydrogens is 358 g/mol. The quantitative estimate of drug-likeness (QED) is 0.503. The molecule has 0 aliphatic rings. The molecule has 0 aliphatic carbocycles. The van der Waals surface area contributed by atoms with E-state index in [1.54, 1.807) is 24.5 Å². The third-order valence-electron chi connectivity index (χ3n) is 3.43. The Morgan fingerprint density at radius 2 is 1.92 bits per heavy atom. The normalized spacial score (nSPS) is 12.0. The van der Waals surface area contributed by atoms with Gasteiger partial charge < -0.3 is 0 Å². The molecule has 4 aromatic rings. The second-order valence-corrected chi connectivity index (χ2v) is 6.02. The van der Waals surface area contributed by atoms with E-state index in [1.807, 2.05) is 0 Å². The Morgan fingerprint density at radius 3 is 2.64 bits per heavy atom. The third-order valence-corrected chi connectivity index (χ3v) is 4.37. The van der Waals surface area contributed by atoms with E-state index in [1.165, 1.54) is 4.52 Å². The summed E-state index contributed by atoms with van der Waals surface area (Å²) in [4.78, 5) is 4.31. The monoisotopic (exact) mass is 365 g/mol. The van der Waals surface area contributed by atoms with Crippen LogP contribution in [0.1, 0.15) is 5.56 Å². The Balaban J connectivity index is 1.85. The van der Waals surface area contributed by atoms with Crippen LogP contribution in [-0.4, -0.2) is 24.8 Å². The number of rotatable bonds is 2. The molecule has 25 heavy (non-hydrogen) atoms. The fraction of sp³-hybridized carbons (Fsp3) is 0.0667. The first kappa shape index (κ1) is 15.6. The van der Waals surface area contributed by atoms with Crippen LogP contribution in [0.3, 0.4) is 0 Å². The van der Waals surface area contributed by atoms with Crippen LogP contribution in [-0.2, 0) is 6.18 Å². The molecule has 3 heterocycles. The first-order valence-corrected chi connectivity index (χ1v) is 7.75. The fourth-order valence-electron chi connectivity index (χ4n) is 2.27. The standard InChI is InChI=1S/C15H7F4N5S/c16-11-4-3-9(15(17,18)19)6-10(11)13-23-24-12(21-22-14(24)25-13)8-2-1-5-20-7-8/h1-7H. The van der Waals surface area contributed by atoms with Crippen LogP contribution in [0, 0.1) is 5.82 Å². The zero-order valence-electron chi connectivity index (χ0n) is 12.2. The van der Waals surface area contributed by atoms with Crippen molar-refractivity contribution >= 4 is 16.3 Å². The number of aromatic nitrogens is 5. The van der Waals surface area contributed by atoms with Gasteiger partial charge in [0.05, 0.1) is 5.56 Å². The number of hydrogen-bond acceptors (Lipinski definition) is 5. The second-order valence-electron chi connectivity index (χ2n) is 5.06. The van der Waals surface area contributed by atoms with Gasteiger partial charge in [-0.3, -0.25) is 4.98 Å². The summed E-state index contributed by atoms with van der Waals surface area (Å²) in [6, 6.07) is 5.66. The van der Waals surface area contributed by atoms with Gasteiger partial charge in [0.2, 0.25) is 4.96 Å². The third kappa shape index (κ3) is 2.74. The molecule has 10 heteroatoms. The van der Waals surface area contributed by atoms with E-state index in [0.29, 0.717) is 22.4 Å². The van der Waals surface area contributed by atoms with Gasteiger partial charge in [-0.15, -0.1) is 10.2 Å². The van der Waals surface area contributed by atoms with Crippen LogP contribution >= 0.6 is 11.3 Å². The molecule has 0 radical (unpaired) electrons. The first-order valence-electron chi connectivity index (χ1n) is 6.93. The average Bonchev–Trinajstić information content (AvgIpc) is 3.15. The van der Waals surface area contributed by atoms with Gasteiger partial charge >= 0.3 is 6.18 Å². The molecule has 1 aromatic carbocycles. The summed E-state index contributed by atoms with van der Waals surface area (Å²) >= 11 is 0.950. The molecule has 0 saturated carbocycles. The van der Waals surface area contributed by atoms with Gasteiger partial charge in [0.1, 0.15) is 5.82 Å². The summed E-state index contributed by atoms with van der Waals surface area (Å²) in [6.07, 6.45) is -1.42. The van der Waals surface area contributed by atoms with Crippen molar-refractivity contribution in [2.45, 2.75) is 6.18 Å². The van der Waals surface area contributed by atoms with Crippen molar-refractivity contribution in [3.63, 3.8) is 0 Å². The van der Waals surface area contributed by atoms with Crippen molar-refractivity contribution in [2.24, 2.45) is 0 Å². The van der Waals surface area contributed by atoms with Crippen molar-refractivity contribution in [1.82, 2.24) is 24.8 Å². The van der Waals surface area contributed by atoms with Crippen LogP contribution in [0.15, 0.2) is 42.7 Å². The molecule has 0 N–H and O–H groups in total. The predicted molar refractivity (Wildman–Crippen MR) is 82.3 cm³/mol. The molecule has 0 amide bonds. The highest BCUT2D eigenvalue weighted by atomic mass is 32.1. The molecular formula is C15H7F4N5S. The van der Waals surface area contributed by atoms with E-state index in [2.05, 4.69) is 20.3 Å². The topological polar surface area (TPSA) is 56.0 Å². The van der Waals surface area contributed by atoms with Crippen molar-refractivity contribution < 1.29 is 17.6 Å². The van der Waals surface area contributed by atoms with Gasteiger partial charge in [0.15, 0.2) is 10.8 Å². The number of hydrogen-bond donors (Lipinski definition) is 0. The summed E-state index contributed by atoms with van der Waals surface area (Å²) in [7, 11) is 0. The summed E-state index contributed by atoms with van der Waals surface area (Å²) in [6.45, 7) is 0. The number of halogens is 4. The number of alkyl halides is 3. The van der Waals surface area contributed by atoms with Gasteiger partial charge in [-0.1, -0.05) is 11.3 Å². The van der Waals surface area contributed by atoms with Crippen molar-refractivity contribution in [2.75, 3.05) is 0 Å². The van der Waals surface area contributed by atoms with Crippen LogP contribution in [0.25, 0.3) is 26.9 Å². The lowest BCUT2D eigenvalue weighted by atomic mass is 10.1. The Kier molecular flexibility index (Phi) is 3.49.